The molecule has 4 nitrogen and oxygen atoms in total. The Labute approximate surface area is 124 Å². The summed E-state index contributed by atoms with van der Waals surface area (Å²) in [5.41, 5.74) is 2.26. The molecule has 0 spiro atoms. The first-order valence-electron chi connectivity index (χ1n) is 7.67. The number of hydrogen-bond acceptors (Lipinski definition) is 2. The Morgan fingerprint density at radius 1 is 1.19 bits per heavy atom. The first-order valence-corrected chi connectivity index (χ1v) is 7.67. The number of carbonyl (C=O) groups excluding carboxylic acids is 1. The van der Waals surface area contributed by atoms with Gasteiger partial charge in [-0.25, -0.2) is 0 Å². The van der Waals surface area contributed by atoms with E-state index in [1.807, 2.05) is 18.2 Å². The van der Waals surface area contributed by atoms with E-state index in [0.29, 0.717) is 25.2 Å². The van der Waals surface area contributed by atoms with Crippen molar-refractivity contribution in [2.75, 3.05) is 7.05 Å². The number of rotatable bonds is 3. The molecule has 3 rings (SSSR count). The van der Waals surface area contributed by atoms with Crippen LogP contribution in [0.5, 0.6) is 0 Å². The molecule has 1 amide bonds. The van der Waals surface area contributed by atoms with Gasteiger partial charge in [0.2, 0.25) is 5.91 Å². The highest BCUT2D eigenvalue weighted by Gasteiger charge is 2.39. The van der Waals surface area contributed by atoms with Crippen molar-refractivity contribution in [1.82, 2.24) is 4.90 Å². The fourth-order valence-corrected chi connectivity index (χ4v) is 3.46. The normalized spacial score (nSPS) is 26.5. The summed E-state index contributed by atoms with van der Waals surface area (Å²) in [4.78, 5) is 25.6. The molecule has 0 radical (unpaired) electrons. The average Bonchev–Trinajstić information content (AvgIpc) is 3.30. The van der Waals surface area contributed by atoms with Crippen molar-refractivity contribution in [1.29, 1.82) is 0 Å². The molecule has 2 atom stereocenters. The molecular formula is C17H21NO3. The van der Waals surface area contributed by atoms with Crippen molar-refractivity contribution in [3.63, 3.8) is 0 Å². The maximum absolute atomic E-state index is 12.2. The molecule has 1 saturated carbocycles. The molecule has 0 aromatic heterocycles. The predicted octanol–water partition coefficient (Wildman–Crippen LogP) is 2.95. The Morgan fingerprint density at radius 3 is 2.48 bits per heavy atom. The van der Waals surface area contributed by atoms with E-state index in [1.165, 1.54) is 18.4 Å². The molecule has 1 heterocycles. The lowest BCUT2D eigenvalue weighted by Crippen LogP contribution is -2.36. The summed E-state index contributed by atoms with van der Waals surface area (Å²) in [5.74, 6) is -0.717. The number of amides is 1. The van der Waals surface area contributed by atoms with Crippen molar-refractivity contribution in [2.45, 2.75) is 44.1 Å². The molecule has 0 bridgehead atoms. The predicted molar refractivity (Wildman–Crippen MR) is 78.9 cm³/mol. The molecule has 1 aromatic carbocycles. The molecule has 4 heteroatoms. The molecule has 2 aliphatic rings. The van der Waals surface area contributed by atoms with Gasteiger partial charge in [-0.2, -0.15) is 0 Å². The van der Waals surface area contributed by atoms with Crippen LogP contribution in [0, 0.1) is 5.92 Å². The van der Waals surface area contributed by atoms with E-state index in [1.54, 1.807) is 11.9 Å². The van der Waals surface area contributed by atoms with Gasteiger partial charge in [0.1, 0.15) is 0 Å². The maximum Gasteiger partial charge on any atom is 0.308 e. The second kappa shape index (κ2) is 5.51. The number of carbonyl (C=O) groups is 2. The van der Waals surface area contributed by atoms with Crippen molar-refractivity contribution in [3.05, 3.63) is 35.4 Å². The number of likely N-dealkylation sites (tertiary alicyclic amines) is 1. The highest BCUT2D eigenvalue weighted by Crippen LogP contribution is 2.46. The van der Waals surface area contributed by atoms with Crippen LogP contribution in [0.2, 0.25) is 0 Å². The van der Waals surface area contributed by atoms with Crippen LogP contribution in [-0.4, -0.2) is 28.9 Å². The Hall–Kier alpha value is -1.84. The lowest BCUT2D eigenvalue weighted by Gasteiger charge is -2.32. The molecule has 21 heavy (non-hydrogen) atoms. The Balaban J connectivity index is 2.05. The molecule has 112 valence electrons. The van der Waals surface area contributed by atoms with Crippen molar-refractivity contribution >= 4 is 11.9 Å². The van der Waals surface area contributed by atoms with E-state index in [2.05, 4.69) is 6.07 Å². The second-order valence-electron chi connectivity index (χ2n) is 6.19. The second-order valence-corrected chi connectivity index (χ2v) is 6.19. The SMILES string of the molecule is CN1C(=O)CCCC(C(=O)O)C1c1ccccc1C1CC1. The van der Waals surface area contributed by atoms with Gasteiger partial charge in [-0.05, 0) is 42.7 Å². The van der Waals surface area contributed by atoms with Gasteiger partial charge in [0.05, 0.1) is 12.0 Å². The first-order chi connectivity index (χ1) is 10.1. The molecule has 1 N–H and O–H groups in total. The highest BCUT2D eigenvalue weighted by atomic mass is 16.4. The van der Waals surface area contributed by atoms with E-state index < -0.39 is 11.9 Å². The van der Waals surface area contributed by atoms with E-state index in [-0.39, 0.29) is 11.9 Å². The van der Waals surface area contributed by atoms with Crippen LogP contribution in [-0.2, 0) is 9.59 Å². The zero-order valence-corrected chi connectivity index (χ0v) is 12.3. The molecule has 2 fully saturated rings. The lowest BCUT2D eigenvalue weighted by atomic mass is 9.86. The van der Waals surface area contributed by atoms with Gasteiger partial charge in [-0.15, -0.1) is 0 Å². The number of nitrogens with zero attached hydrogens (tertiary/aromatic N) is 1. The van der Waals surface area contributed by atoms with Gasteiger partial charge in [0, 0.05) is 13.5 Å². The summed E-state index contributed by atoms with van der Waals surface area (Å²) in [6, 6.07) is 7.71. The van der Waals surface area contributed by atoms with E-state index in [9.17, 15) is 14.7 Å². The van der Waals surface area contributed by atoms with Crippen LogP contribution < -0.4 is 0 Å². The highest BCUT2D eigenvalue weighted by molar-refractivity contribution is 5.79. The zero-order valence-electron chi connectivity index (χ0n) is 12.3. The molecule has 1 aromatic rings. The number of aliphatic carboxylic acids is 1. The topological polar surface area (TPSA) is 57.6 Å². The van der Waals surface area contributed by atoms with Crippen molar-refractivity contribution in [2.24, 2.45) is 5.92 Å². The van der Waals surface area contributed by atoms with Gasteiger partial charge in [-0.1, -0.05) is 24.3 Å². The van der Waals surface area contributed by atoms with E-state index >= 15 is 0 Å². The average molecular weight is 287 g/mol. The Bertz CT molecular complexity index is 565. The van der Waals surface area contributed by atoms with Crippen LogP contribution in [0.3, 0.4) is 0 Å². The number of carboxylic acid groups (broad SMARTS) is 1. The van der Waals surface area contributed by atoms with Crippen LogP contribution in [0.25, 0.3) is 0 Å². The maximum atomic E-state index is 12.2. The summed E-state index contributed by atoms with van der Waals surface area (Å²) >= 11 is 0. The van der Waals surface area contributed by atoms with Gasteiger partial charge in [-0.3, -0.25) is 9.59 Å². The summed E-state index contributed by atoms with van der Waals surface area (Å²) in [6.07, 6.45) is 4.00. The fraction of sp³-hybridized carbons (Fsp3) is 0.529. The standard InChI is InChI=1S/C17H21NO3/c1-18-15(19)8-4-7-14(17(20)21)16(18)13-6-3-2-5-12(13)11-9-10-11/h2-3,5-6,11,14,16H,4,7-10H2,1H3,(H,20,21). The first kappa shape index (κ1) is 14.1. The Morgan fingerprint density at radius 2 is 1.86 bits per heavy atom. The molecule has 1 aliphatic carbocycles. The molecule has 1 aliphatic heterocycles. The van der Waals surface area contributed by atoms with E-state index in [0.717, 1.165) is 5.56 Å². The van der Waals surface area contributed by atoms with E-state index in [4.69, 9.17) is 0 Å². The van der Waals surface area contributed by atoms with Gasteiger partial charge in [0.25, 0.3) is 0 Å². The van der Waals surface area contributed by atoms with Crippen LogP contribution in [0.1, 0.15) is 55.2 Å². The minimum Gasteiger partial charge on any atom is -0.481 e. The zero-order chi connectivity index (χ0) is 15.0. The minimum atomic E-state index is -0.799. The monoisotopic (exact) mass is 287 g/mol. The summed E-state index contributed by atoms with van der Waals surface area (Å²) in [7, 11) is 1.75. The third-order valence-electron chi connectivity index (χ3n) is 4.75. The third kappa shape index (κ3) is 2.67. The molecular weight excluding hydrogens is 266 g/mol. The summed E-state index contributed by atoms with van der Waals surface area (Å²) in [5, 5.41) is 9.61. The number of carboxylic acids is 1. The van der Waals surface area contributed by atoms with Gasteiger partial charge in [0.15, 0.2) is 0 Å². The molecule has 1 saturated heterocycles. The van der Waals surface area contributed by atoms with Crippen LogP contribution in [0.15, 0.2) is 24.3 Å². The third-order valence-corrected chi connectivity index (χ3v) is 4.75. The lowest BCUT2D eigenvalue weighted by molar-refractivity contribution is -0.145. The fourth-order valence-electron chi connectivity index (χ4n) is 3.46. The minimum absolute atomic E-state index is 0.0503. The number of hydrogen-bond donors (Lipinski definition) is 1. The molecule has 2 unspecified atom stereocenters. The van der Waals surface area contributed by atoms with Gasteiger partial charge < -0.3 is 10.0 Å². The number of benzene rings is 1. The van der Waals surface area contributed by atoms with Gasteiger partial charge >= 0.3 is 5.97 Å². The summed E-state index contributed by atoms with van der Waals surface area (Å²) in [6.45, 7) is 0. The van der Waals surface area contributed by atoms with Crippen molar-refractivity contribution in [3.8, 4) is 0 Å². The van der Waals surface area contributed by atoms with Crippen LogP contribution in [0.4, 0.5) is 0 Å². The Kier molecular flexibility index (Phi) is 3.70. The van der Waals surface area contributed by atoms with Crippen molar-refractivity contribution < 1.29 is 14.7 Å². The quantitative estimate of drug-likeness (QED) is 0.930. The van der Waals surface area contributed by atoms with Crippen LogP contribution >= 0.6 is 0 Å². The largest absolute Gasteiger partial charge is 0.481 e. The smallest absolute Gasteiger partial charge is 0.308 e. The summed E-state index contributed by atoms with van der Waals surface area (Å²) < 4.78 is 0.